The second kappa shape index (κ2) is 5.14. The number of carbonyl (C=O) groups is 1. The van der Waals surface area contributed by atoms with E-state index in [1.54, 1.807) is 0 Å². The molecule has 1 fully saturated rings. The summed E-state index contributed by atoms with van der Waals surface area (Å²) in [5.41, 5.74) is 0. The average Bonchev–Trinajstić information content (AvgIpc) is 2.05. The van der Waals surface area contributed by atoms with E-state index in [1.807, 2.05) is 0 Å². The van der Waals surface area contributed by atoms with Gasteiger partial charge in [-0.2, -0.15) is 0 Å². The molecule has 3 nitrogen and oxygen atoms in total. The zero-order valence-electron chi connectivity index (χ0n) is 7.51. The summed E-state index contributed by atoms with van der Waals surface area (Å²) in [4.78, 5) is 12.5. The Labute approximate surface area is 73.7 Å². The van der Waals surface area contributed by atoms with E-state index in [9.17, 15) is 4.79 Å². The van der Waals surface area contributed by atoms with E-state index in [1.165, 1.54) is 19.8 Å². The number of esters is 1. The normalized spacial score (nSPS) is 19.1. The molecule has 0 spiro atoms. The van der Waals surface area contributed by atoms with Crippen molar-refractivity contribution in [3.8, 4) is 0 Å². The Hall–Kier alpha value is -0.570. The molecule has 0 aromatic rings. The first-order valence-electron chi connectivity index (χ1n) is 4.41. The van der Waals surface area contributed by atoms with Crippen molar-refractivity contribution in [3.05, 3.63) is 6.54 Å². The standard InChI is InChI=1S/C9H15NO2/c1-9(11)12-8-7-10-5-3-2-4-6-10/h2-5,7-8H2,1H3. The highest BCUT2D eigenvalue weighted by Gasteiger charge is 2.10. The van der Waals surface area contributed by atoms with Gasteiger partial charge in [-0.05, 0) is 19.4 Å². The van der Waals surface area contributed by atoms with Gasteiger partial charge in [-0.15, -0.1) is 0 Å². The number of likely N-dealkylation sites (tertiary alicyclic amines) is 1. The zero-order chi connectivity index (χ0) is 8.81. The maximum Gasteiger partial charge on any atom is 0.302 e. The van der Waals surface area contributed by atoms with Gasteiger partial charge in [0.2, 0.25) is 0 Å². The van der Waals surface area contributed by atoms with E-state index < -0.39 is 0 Å². The fourth-order valence-corrected chi connectivity index (χ4v) is 1.23. The highest BCUT2D eigenvalue weighted by molar-refractivity contribution is 5.65. The molecule has 0 amide bonds. The molecule has 0 bridgehead atoms. The average molecular weight is 169 g/mol. The van der Waals surface area contributed by atoms with Crippen molar-refractivity contribution < 1.29 is 9.53 Å². The second-order valence-corrected chi connectivity index (χ2v) is 2.94. The third kappa shape index (κ3) is 3.72. The van der Waals surface area contributed by atoms with E-state index in [0.29, 0.717) is 6.61 Å². The molecule has 1 aliphatic heterocycles. The molecule has 1 aliphatic rings. The molecule has 1 saturated heterocycles. The maximum absolute atomic E-state index is 10.4. The van der Waals surface area contributed by atoms with Crippen molar-refractivity contribution in [2.45, 2.75) is 26.2 Å². The van der Waals surface area contributed by atoms with Crippen LogP contribution in [-0.2, 0) is 9.53 Å². The van der Waals surface area contributed by atoms with E-state index >= 15 is 0 Å². The number of carbonyl (C=O) groups excluding carboxylic acids is 1. The Morgan fingerprint density at radius 1 is 1.58 bits per heavy atom. The maximum atomic E-state index is 10.4. The minimum absolute atomic E-state index is 0.202. The third-order valence-corrected chi connectivity index (χ3v) is 1.86. The summed E-state index contributed by atoms with van der Waals surface area (Å²) in [5, 5.41) is 0. The molecule has 0 N–H and O–H groups in total. The Morgan fingerprint density at radius 3 is 3.00 bits per heavy atom. The van der Waals surface area contributed by atoms with Crippen LogP contribution in [0.2, 0.25) is 0 Å². The molecule has 0 aliphatic carbocycles. The van der Waals surface area contributed by atoms with Crippen molar-refractivity contribution in [2.75, 3.05) is 19.7 Å². The molecule has 68 valence electrons. The van der Waals surface area contributed by atoms with Crippen LogP contribution < -0.4 is 0 Å². The van der Waals surface area contributed by atoms with Crippen molar-refractivity contribution in [1.29, 1.82) is 0 Å². The van der Waals surface area contributed by atoms with Gasteiger partial charge >= 0.3 is 5.97 Å². The first-order chi connectivity index (χ1) is 5.79. The van der Waals surface area contributed by atoms with Gasteiger partial charge in [-0.3, -0.25) is 9.69 Å². The Morgan fingerprint density at radius 2 is 2.42 bits per heavy atom. The first-order valence-corrected chi connectivity index (χ1v) is 4.41. The number of nitrogens with zero attached hydrogens (tertiary/aromatic N) is 1. The predicted octanol–water partition coefficient (Wildman–Crippen LogP) is 1.07. The van der Waals surface area contributed by atoms with Gasteiger partial charge < -0.3 is 4.74 Å². The summed E-state index contributed by atoms with van der Waals surface area (Å²) >= 11 is 0. The van der Waals surface area contributed by atoms with Gasteiger partial charge in [0.15, 0.2) is 0 Å². The summed E-state index contributed by atoms with van der Waals surface area (Å²) in [6.45, 7) is 7.01. The van der Waals surface area contributed by atoms with Crippen LogP contribution in [-0.4, -0.2) is 30.6 Å². The fraction of sp³-hybridized carbons (Fsp3) is 0.778. The van der Waals surface area contributed by atoms with Crippen molar-refractivity contribution in [1.82, 2.24) is 4.90 Å². The molecule has 0 unspecified atom stereocenters. The number of ether oxygens (including phenoxy) is 1. The lowest BCUT2D eigenvalue weighted by atomic mass is 10.1. The lowest BCUT2D eigenvalue weighted by Gasteiger charge is -2.24. The summed E-state index contributed by atoms with van der Waals surface area (Å²) < 4.78 is 4.82. The number of rotatable bonds is 3. The van der Waals surface area contributed by atoms with E-state index in [0.717, 1.165) is 19.5 Å². The van der Waals surface area contributed by atoms with E-state index in [2.05, 4.69) is 11.4 Å². The molecule has 3 heteroatoms. The highest BCUT2D eigenvalue weighted by atomic mass is 16.5. The summed E-state index contributed by atoms with van der Waals surface area (Å²) in [6, 6.07) is 0. The number of hydrogen-bond acceptors (Lipinski definition) is 3. The van der Waals surface area contributed by atoms with Crippen molar-refractivity contribution >= 4 is 5.97 Å². The van der Waals surface area contributed by atoms with Crippen LogP contribution in [0, 0.1) is 6.54 Å². The highest BCUT2D eigenvalue weighted by Crippen LogP contribution is 2.11. The Kier molecular flexibility index (Phi) is 4.08. The molecule has 12 heavy (non-hydrogen) atoms. The van der Waals surface area contributed by atoms with Crippen LogP contribution >= 0.6 is 0 Å². The first kappa shape index (κ1) is 9.52. The topological polar surface area (TPSA) is 29.5 Å². The Bertz CT molecular complexity index is 141. The van der Waals surface area contributed by atoms with Crippen LogP contribution in [0.25, 0.3) is 0 Å². The van der Waals surface area contributed by atoms with Gasteiger partial charge in [-0.25, -0.2) is 0 Å². The molecule has 0 saturated carbocycles. The SMILES string of the molecule is CC(=O)OCCN1[C]CCCC1. The van der Waals surface area contributed by atoms with Crippen LogP contribution in [0.1, 0.15) is 26.2 Å². The van der Waals surface area contributed by atoms with Gasteiger partial charge in [0, 0.05) is 13.5 Å². The van der Waals surface area contributed by atoms with Gasteiger partial charge in [0.05, 0.1) is 6.54 Å². The minimum Gasteiger partial charge on any atom is -0.465 e. The quantitative estimate of drug-likeness (QED) is 0.592. The largest absolute Gasteiger partial charge is 0.465 e. The molecule has 1 heterocycles. The number of hydrogen-bond donors (Lipinski definition) is 0. The fourth-order valence-electron chi connectivity index (χ4n) is 1.23. The van der Waals surface area contributed by atoms with Gasteiger partial charge in [-0.1, -0.05) is 6.42 Å². The molecule has 0 aromatic heterocycles. The molecular weight excluding hydrogens is 154 g/mol. The molecule has 2 radical (unpaired) electrons. The lowest BCUT2D eigenvalue weighted by molar-refractivity contribution is -0.141. The smallest absolute Gasteiger partial charge is 0.302 e. The van der Waals surface area contributed by atoms with Crippen LogP contribution in [0.5, 0.6) is 0 Å². The van der Waals surface area contributed by atoms with Crippen LogP contribution in [0.15, 0.2) is 0 Å². The molecular formula is C9H15NO2. The van der Waals surface area contributed by atoms with E-state index in [4.69, 9.17) is 4.74 Å². The van der Waals surface area contributed by atoms with E-state index in [-0.39, 0.29) is 5.97 Å². The van der Waals surface area contributed by atoms with Crippen molar-refractivity contribution in [2.24, 2.45) is 0 Å². The van der Waals surface area contributed by atoms with Gasteiger partial charge in [0.1, 0.15) is 6.61 Å². The third-order valence-electron chi connectivity index (χ3n) is 1.86. The zero-order valence-corrected chi connectivity index (χ0v) is 7.51. The summed E-state index contributed by atoms with van der Waals surface area (Å²) in [5.74, 6) is -0.202. The molecule has 1 rings (SSSR count). The monoisotopic (exact) mass is 169 g/mol. The summed E-state index contributed by atoms with van der Waals surface area (Å²) in [7, 11) is 0. The minimum atomic E-state index is -0.202. The summed E-state index contributed by atoms with van der Waals surface area (Å²) in [6.07, 6.45) is 3.51. The van der Waals surface area contributed by atoms with Crippen LogP contribution in [0.4, 0.5) is 0 Å². The second-order valence-electron chi connectivity index (χ2n) is 2.94. The molecule has 0 aromatic carbocycles. The lowest BCUT2D eigenvalue weighted by Crippen LogP contribution is -2.29. The van der Waals surface area contributed by atoms with Crippen molar-refractivity contribution in [3.63, 3.8) is 0 Å². The van der Waals surface area contributed by atoms with Crippen LogP contribution in [0.3, 0.4) is 0 Å². The predicted molar refractivity (Wildman–Crippen MR) is 45.3 cm³/mol. The number of piperidine rings is 1. The molecule has 0 atom stereocenters. The Balaban J connectivity index is 2.01. The van der Waals surface area contributed by atoms with Gasteiger partial charge in [0.25, 0.3) is 0 Å².